The second-order valence-electron chi connectivity index (χ2n) is 3.06. The number of rotatable bonds is 0. The monoisotopic (exact) mass is 192 g/mol. The first kappa shape index (κ1) is 8.56. The van der Waals surface area contributed by atoms with Gasteiger partial charge in [0, 0.05) is 6.54 Å². The molecule has 2 rings (SSSR count). The van der Waals surface area contributed by atoms with Gasteiger partial charge >= 0.3 is 6.09 Å². The van der Waals surface area contributed by atoms with Crippen molar-refractivity contribution in [3.63, 3.8) is 0 Å². The van der Waals surface area contributed by atoms with Crippen LogP contribution in [0.3, 0.4) is 0 Å². The van der Waals surface area contributed by atoms with Crippen LogP contribution in [0.15, 0.2) is 6.07 Å². The van der Waals surface area contributed by atoms with E-state index in [2.05, 4.69) is 5.10 Å². The summed E-state index contributed by atoms with van der Waals surface area (Å²) < 4.78 is 1.68. The molecule has 0 fully saturated rings. The van der Waals surface area contributed by atoms with E-state index in [1.807, 2.05) is 6.07 Å². The predicted molar refractivity (Wildman–Crippen MR) is 45.4 cm³/mol. The van der Waals surface area contributed by atoms with Gasteiger partial charge in [-0.2, -0.15) is 10.4 Å². The van der Waals surface area contributed by atoms with Gasteiger partial charge in [-0.15, -0.1) is 0 Å². The van der Waals surface area contributed by atoms with Crippen molar-refractivity contribution in [2.24, 2.45) is 0 Å². The standard InChI is InChI=1S/C8H8N4O2/c9-4-6-3-7-5-11(8(13)14)1-2-12(7)10-6/h3H,1-2,5H2,(H,13,14). The summed E-state index contributed by atoms with van der Waals surface area (Å²) in [5.41, 5.74) is 1.11. The van der Waals surface area contributed by atoms with Crippen LogP contribution in [-0.2, 0) is 13.1 Å². The summed E-state index contributed by atoms with van der Waals surface area (Å²) in [7, 11) is 0. The number of hydrogen-bond donors (Lipinski definition) is 1. The van der Waals surface area contributed by atoms with Gasteiger partial charge in [0.15, 0.2) is 5.69 Å². The van der Waals surface area contributed by atoms with E-state index in [1.54, 1.807) is 10.7 Å². The molecule has 1 amide bonds. The second kappa shape index (κ2) is 3.03. The van der Waals surface area contributed by atoms with Crippen LogP contribution in [0.4, 0.5) is 4.79 Å². The van der Waals surface area contributed by atoms with E-state index in [-0.39, 0.29) is 0 Å². The molecular formula is C8H8N4O2. The van der Waals surface area contributed by atoms with E-state index in [0.717, 1.165) is 5.69 Å². The summed E-state index contributed by atoms with van der Waals surface area (Å²) in [6, 6.07) is 3.55. The highest BCUT2D eigenvalue weighted by molar-refractivity contribution is 5.65. The number of carbonyl (C=O) groups is 1. The topological polar surface area (TPSA) is 82.2 Å². The predicted octanol–water partition coefficient (Wildman–Crippen LogP) is 0.248. The lowest BCUT2D eigenvalue weighted by atomic mass is 10.3. The maximum absolute atomic E-state index is 10.7. The average Bonchev–Trinajstić information content (AvgIpc) is 2.58. The third kappa shape index (κ3) is 1.29. The van der Waals surface area contributed by atoms with Crippen LogP contribution >= 0.6 is 0 Å². The number of aromatic nitrogens is 2. The molecule has 0 bridgehead atoms. The van der Waals surface area contributed by atoms with Crippen molar-refractivity contribution in [3.05, 3.63) is 17.5 Å². The van der Waals surface area contributed by atoms with Gasteiger partial charge in [-0.05, 0) is 6.07 Å². The average molecular weight is 192 g/mol. The molecular weight excluding hydrogens is 184 g/mol. The molecule has 1 aromatic rings. The van der Waals surface area contributed by atoms with Crippen LogP contribution in [-0.4, -0.2) is 32.4 Å². The van der Waals surface area contributed by atoms with Crippen molar-refractivity contribution in [1.29, 1.82) is 5.26 Å². The van der Waals surface area contributed by atoms with Gasteiger partial charge in [0.05, 0.1) is 18.8 Å². The second-order valence-corrected chi connectivity index (χ2v) is 3.06. The minimum absolute atomic E-state index is 0.310. The lowest BCUT2D eigenvalue weighted by Crippen LogP contribution is -2.37. The lowest BCUT2D eigenvalue weighted by Gasteiger charge is -2.24. The fourth-order valence-corrected chi connectivity index (χ4v) is 1.48. The van der Waals surface area contributed by atoms with Gasteiger partial charge in [-0.1, -0.05) is 0 Å². The molecule has 0 spiro atoms. The number of nitrogens with zero attached hydrogens (tertiary/aromatic N) is 4. The molecule has 1 aliphatic heterocycles. The third-order valence-electron chi connectivity index (χ3n) is 2.18. The van der Waals surface area contributed by atoms with Gasteiger partial charge in [-0.25, -0.2) is 4.79 Å². The van der Waals surface area contributed by atoms with Gasteiger partial charge in [0.2, 0.25) is 0 Å². The van der Waals surface area contributed by atoms with Crippen molar-refractivity contribution >= 4 is 6.09 Å². The molecule has 6 heteroatoms. The Bertz CT molecular complexity index is 417. The van der Waals surface area contributed by atoms with Crippen molar-refractivity contribution in [2.45, 2.75) is 13.1 Å². The van der Waals surface area contributed by atoms with Gasteiger partial charge in [-0.3, -0.25) is 4.68 Å². The first-order chi connectivity index (χ1) is 6.70. The summed E-state index contributed by atoms with van der Waals surface area (Å²) >= 11 is 0. The number of nitriles is 1. The van der Waals surface area contributed by atoms with E-state index in [9.17, 15) is 4.79 Å². The van der Waals surface area contributed by atoms with Crippen LogP contribution in [0, 0.1) is 11.3 Å². The molecule has 14 heavy (non-hydrogen) atoms. The Hall–Kier alpha value is -2.03. The summed E-state index contributed by atoms with van der Waals surface area (Å²) in [6.07, 6.45) is -0.934. The van der Waals surface area contributed by atoms with Gasteiger partial charge in [0.25, 0.3) is 0 Å². The largest absolute Gasteiger partial charge is 0.465 e. The molecule has 6 nitrogen and oxygen atoms in total. The molecule has 0 saturated heterocycles. The molecule has 1 aromatic heterocycles. The Morgan fingerprint density at radius 3 is 3.07 bits per heavy atom. The van der Waals surface area contributed by atoms with E-state index >= 15 is 0 Å². The number of hydrogen-bond acceptors (Lipinski definition) is 3. The van der Waals surface area contributed by atoms with Crippen LogP contribution in [0.2, 0.25) is 0 Å². The molecule has 1 aliphatic rings. The van der Waals surface area contributed by atoms with Crippen LogP contribution in [0.25, 0.3) is 0 Å². The van der Waals surface area contributed by atoms with Crippen molar-refractivity contribution in [3.8, 4) is 6.07 Å². The van der Waals surface area contributed by atoms with Crippen molar-refractivity contribution in [2.75, 3.05) is 6.54 Å². The normalized spacial score (nSPS) is 14.6. The first-order valence-electron chi connectivity index (χ1n) is 4.15. The molecule has 0 saturated carbocycles. The molecule has 0 aliphatic carbocycles. The Kier molecular flexibility index (Phi) is 1.85. The highest BCUT2D eigenvalue weighted by Gasteiger charge is 2.21. The SMILES string of the molecule is N#Cc1cc2n(n1)CCN(C(=O)O)C2. The Labute approximate surface area is 80.0 Å². The fraction of sp³-hybridized carbons (Fsp3) is 0.375. The molecule has 0 radical (unpaired) electrons. The van der Waals surface area contributed by atoms with Crippen LogP contribution in [0.5, 0.6) is 0 Å². The third-order valence-corrected chi connectivity index (χ3v) is 2.18. The Morgan fingerprint density at radius 2 is 2.43 bits per heavy atom. The first-order valence-corrected chi connectivity index (χ1v) is 4.15. The molecule has 0 unspecified atom stereocenters. The number of fused-ring (bicyclic) bond motifs is 1. The summed E-state index contributed by atoms with van der Waals surface area (Å²) in [5.74, 6) is 0. The zero-order valence-electron chi connectivity index (χ0n) is 7.34. The zero-order chi connectivity index (χ0) is 10.1. The van der Waals surface area contributed by atoms with Crippen LogP contribution < -0.4 is 0 Å². The highest BCUT2D eigenvalue weighted by Crippen LogP contribution is 2.12. The smallest absolute Gasteiger partial charge is 0.407 e. The minimum atomic E-state index is -0.934. The van der Waals surface area contributed by atoms with E-state index in [1.165, 1.54) is 4.90 Å². The number of amides is 1. The summed E-state index contributed by atoms with van der Waals surface area (Å²) in [4.78, 5) is 12.0. The molecule has 72 valence electrons. The van der Waals surface area contributed by atoms with Crippen LogP contribution in [0.1, 0.15) is 11.4 Å². The lowest BCUT2D eigenvalue weighted by molar-refractivity contribution is 0.131. The quantitative estimate of drug-likeness (QED) is 0.638. The molecule has 0 aromatic carbocycles. The highest BCUT2D eigenvalue weighted by atomic mass is 16.4. The maximum atomic E-state index is 10.7. The Morgan fingerprint density at radius 1 is 1.64 bits per heavy atom. The van der Waals surface area contributed by atoms with E-state index in [0.29, 0.717) is 25.3 Å². The van der Waals surface area contributed by atoms with E-state index in [4.69, 9.17) is 10.4 Å². The van der Waals surface area contributed by atoms with E-state index < -0.39 is 6.09 Å². The molecule has 2 heterocycles. The number of carboxylic acid groups (broad SMARTS) is 1. The summed E-state index contributed by atoms with van der Waals surface area (Å²) in [6.45, 7) is 1.25. The summed E-state index contributed by atoms with van der Waals surface area (Å²) in [5, 5.41) is 21.4. The van der Waals surface area contributed by atoms with Crippen molar-refractivity contribution < 1.29 is 9.90 Å². The minimum Gasteiger partial charge on any atom is -0.465 e. The zero-order valence-corrected chi connectivity index (χ0v) is 7.34. The van der Waals surface area contributed by atoms with Crippen molar-refractivity contribution in [1.82, 2.24) is 14.7 Å². The maximum Gasteiger partial charge on any atom is 0.407 e. The molecule has 1 N–H and O–H groups in total. The van der Waals surface area contributed by atoms with Gasteiger partial charge < -0.3 is 10.0 Å². The molecule has 0 atom stereocenters. The fourth-order valence-electron chi connectivity index (χ4n) is 1.48. The Balaban J connectivity index is 2.26. The van der Waals surface area contributed by atoms with Gasteiger partial charge in [0.1, 0.15) is 6.07 Å².